The van der Waals surface area contributed by atoms with Crippen LogP contribution >= 0.6 is 0 Å². The van der Waals surface area contributed by atoms with Crippen LogP contribution in [0.25, 0.3) is 0 Å². The van der Waals surface area contributed by atoms with Crippen molar-refractivity contribution in [3.05, 3.63) is 107 Å². The lowest BCUT2D eigenvalue weighted by Gasteiger charge is -2.22. The summed E-state index contributed by atoms with van der Waals surface area (Å²) in [6.07, 6.45) is 0.871. The number of carbonyl (C=O) groups is 3. The lowest BCUT2D eigenvalue weighted by atomic mass is 10.1. The van der Waals surface area contributed by atoms with Gasteiger partial charge < -0.3 is 4.90 Å². The van der Waals surface area contributed by atoms with E-state index in [4.69, 9.17) is 0 Å². The second-order valence-corrected chi connectivity index (χ2v) is 7.65. The summed E-state index contributed by atoms with van der Waals surface area (Å²) in [7, 11) is 0. The topological polar surface area (TPSA) is 57.7 Å². The number of benzene rings is 3. The molecule has 3 aromatic carbocycles. The molecule has 1 aliphatic heterocycles. The van der Waals surface area contributed by atoms with Crippen molar-refractivity contribution in [3.63, 3.8) is 0 Å². The minimum Gasteiger partial charge on any atom is -0.334 e. The highest BCUT2D eigenvalue weighted by molar-refractivity contribution is 6.21. The summed E-state index contributed by atoms with van der Waals surface area (Å²) in [5, 5.41) is 0. The average molecular weight is 412 g/mol. The summed E-state index contributed by atoms with van der Waals surface area (Å²) >= 11 is 0. The molecule has 0 unspecified atom stereocenters. The number of carbonyl (C=O) groups excluding carboxylic acids is 3. The highest BCUT2D eigenvalue weighted by Crippen LogP contribution is 2.24. The summed E-state index contributed by atoms with van der Waals surface area (Å²) in [6, 6.07) is 23.9. The Morgan fingerprint density at radius 1 is 0.774 bits per heavy atom. The summed E-state index contributed by atoms with van der Waals surface area (Å²) in [6.45, 7) is 3.47. The molecule has 5 heteroatoms. The molecule has 0 spiro atoms. The number of amides is 3. The van der Waals surface area contributed by atoms with Crippen LogP contribution in [0, 0.1) is 0 Å². The minimum atomic E-state index is -0.280. The third-order valence-electron chi connectivity index (χ3n) is 5.42. The van der Waals surface area contributed by atoms with E-state index < -0.39 is 0 Å². The Kier molecular flexibility index (Phi) is 5.94. The van der Waals surface area contributed by atoms with Gasteiger partial charge in [-0.3, -0.25) is 19.3 Å². The quantitative estimate of drug-likeness (QED) is 0.536. The molecular weight excluding hydrogens is 388 g/mol. The smallest absolute Gasteiger partial charge is 0.261 e. The van der Waals surface area contributed by atoms with E-state index in [1.807, 2.05) is 47.4 Å². The Morgan fingerprint density at radius 3 is 1.94 bits per heavy atom. The van der Waals surface area contributed by atoms with E-state index in [1.165, 1.54) is 4.90 Å². The van der Waals surface area contributed by atoms with Crippen LogP contribution in [0.2, 0.25) is 0 Å². The number of imide groups is 1. The van der Waals surface area contributed by atoms with Gasteiger partial charge in [-0.1, -0.05) is 61.5 Å². The van der Waals surface area contributed by atoms with Gasteiger partial charge in [-0.2, -0.15) is 0 Å². The molecule has 0 aliphatic carbocycles. The van der Waals surface area contributed by atoms with E-state index in [1.54, 1.807) is 36.4 Å². The molecular formula is C26H24N2O3. The van der Waals surface area contributed by atoms with Crippen molar-refractivity contribution < 1.29 is 14.4 Å². The number of nitrogens with zero attached hydrogens (tertiary/aromatic N) is 2. The summed E-state index contributed by atoms with van der Waals surface area (Å²) in [4.78, 5) is 41.3. The molecule has 0 atom stereocenters. The van der Waals surface area contributed by atoms with Crippen molar-refractivity contribution in [1.29, 1.82) is 0 Å². The Bertz CT molecular complexity index is 1070. The average Bonchev–Trinajstić information content (AvgIpc) is 3.04. The third kappa shape index (κ3) is 4.26. The van der Waals surface area contributed by atoms with Gasteiger partial charge >= 0.3 is 0 Å². The number of fused-ring (bicyclic) bond motifs is 1. The molecule has 0 N–H and O–H groups in total. The van der Waals surface area contributed by atoms with Crippen LogP contribution in [-0.4, -0.2) is 34.1 Å². The molecule has 4 rings (SSSR count). The van der Waals surface area contributed by atoms with Crippen molar-refractivity contribution in [2.45, 2.75) is 26.4 Å². The first-order chi connectivity index (χ1) is 15.1. The van der Waals surface area contributed by atoms with Crippen LogP contribution in [0.5, 0.6) is 0 Å². The van der Waals surface area contributed by atoms with Gasteiger partial charge in [-0.05, 0) is 41.8 Å². The zero-order valence-electron chi connectivity index (χ0n) is 17.5. The first-order valence-corrected chi connectivity index (χ1v) is 10.5. The van der Waals surface area contributed by atoms with Crippen molar-refractivity contribution in [3.8, 4) is 0 Å². The first-order valence-electron chi connectivity index (χ1n) is 10.5. The van der Waals surface area contributed by atoms with Crippen LogP contribution in [0.1, 0.15) is 55.5 Å². The second kappa shape index (κ2) is 8.96. The van der Waals surface area contributed by atoms with Crippen molar-refractivity contribution in [2.24, 2.45) is 0 Å². The largest absolute Gasteiger partial charge is 0.334 e. The van der Waals surface area contributed by atoms with Gasteiger partial charge in [0, 0.05) is 18.7 Å². The maximum Gasteiger partial charge on any atom is 0.261 e. The molecule has 3 aromatic rings. The van der Waals surface area contributed by atoms with Gasteiger partial charge in [-0.15, -0.1) is 0 Å². The number of hydrogen-bond acceptors (Lipinski definition) is 3. The molecule has 31 heavy (non-hydrogen) atoms. The first kappa shape index (κ1) is 20.5. The highest BCUT2D eigenvalue weighted by atomic mass is 16.2. The van der Waals surface area contributed by atoms with E-state index >= 15 is 0 Å². The molecule has 0 aromatic heterocycles. The fourth-order valence-corrected chi connectivity index (χ4v) is 3.83. The second-order valence-electron chi connectivity index (χ2n) is 7.65. The Hall–Kier alpha value is -3.73. The minimum absolute atomic E-state index is 0.0296. The number of rotatable bonds is 7. The molecule has 0 radical (unpaired) electrons. The van der Waals surface area contributed by atoms with Crippen molar-refractivity contribution in [1.82, 2.24) is 9.80 Å². The molecule has 0 fully saturated rings. The standard InChI is InChI=1S/C26H24N2O3/c1-2-16-27(17-19-8-4-3-5-9-19)24(29)21-14-12-20(13-15-21)18-28-25(30)22-10-6-7-11-23(22)26(28)31/h3-15H,2,16-18H2,1H3. The monoisotopic (exact) mass is 412 g/mol. The Morgan fingerprint density at radius 2 is 1.35 bits per heavy atom. The number of hydrogen-bond donors (Lipinski definition) is 0. The van der Waals surface area contributed by atoms with Gasteiger partial charge in [0.25, 0.3) is 17.7 Å². The van der Waals surface area contributed by atoms with Crippen molar-refractivity contribution >= 4 is 17.7 Å². The zero-order chi connectivity index (χ0) is 21.8. The Balaban J connectivity index is 1.47. The molecule has 0 saturated carbocycles. The van der Waals surface area contributed by atoms with Gasteiger partial charge in [-0.25, -0.2) is 0 Å². The van der Waals surface area contributed by atoms with Crippen molar-refractivity contribution in [2.75, 3.05) is 6.54 Å². The van der Waals surface area contributed by atoms with E-state index in [2.05, 4.69) is 6.92 Å². The normalized spacial score (nSPS) is 12.7. The van der Waals surface area contributed by atoms with Crippen LogP contribution in [-0.2, 0) is 13.1 Å². The lowest BCUT2D eigenvalue weighted by Crippen LogP contribution is -2.31. The maximum atomic E-state index is 13.1. The van der Waals surface area contributed by atoms with Crippen LogP contribution in [0.15, 0.2) is 78.9 Å². The summed E-state index contributed by atoms with van der Waals surface area (Å²) in [5.41, 5.74) is 3.36. The van der Waals surface area contributed by atoms with Gasteiger partial charge in [0.2, 0.25) is 0 Å². The highest BCUT2D eigenvalue weighted by Gasteiger charge is 2.34. The van der Waals surface area contributed by atoms with Crippen LogP contribution < -0.4 is 0 Å². The lowest BCUT2D eigenvalue weighted by molar-refractivity contribution is 0.0640. The van der Waals surface area contributed by atoms with Crippen LogP contribution in [0.3, 0.4) is 0 Å². The molecule has 1 aliphatic rings. The predicted octanol–water partition coefficient (Wildman–Crippen LogP) is 4.54. The van der Waals surface area contributed by atoms with E-state index in [-0.39, 0.29) is 24.3 Å². The zero-order valence-corrected chi connectivity index (χ0v) is 17.5. The molecule has 5 nitrogen and oxygen atoms in total. The molecule has 3 amide bonds. The van der Waals surface area contributed by atoms with E-state index in [9.17, 15) is 14.4 Å². The molecule has 0 bridgehead atoms. The maximum absolute atomic E-state index is 13.1. The SMILES string of the molecule is CCCN(Cc1ccccc1)C(=O)c1ccc(CN2C(=O)c3ccccc3C2=O)cc1. The van der Waals surface area contributed by atoms with Gasteiger partial charge in [0.05, 0.1) is 17.7 Å². The van der Waals surface area contributed by atoms with Gasteiger partial charge in [0.1, 0.15) is 0 Å². The fraction of sp³-hybridized carbons (Fsp3) is 0.192. The van der Waals surface area contributed by atoms with E-state index in [0.29, 0.717) is 29.8 Å². The molecule has 1 heterocycles. The fourth-order valence-electron chi connectivity index (χ4n) is 3.83. The predicted molar refractivity (Wildman–Crippen MR) is 119 cm³/mol. The Labute approximate surface area is 181 Å². The van der Waals surface area contributed by atoms with E-state index in [0.717, 1.165) is 17.5 Å². The summed E-state index contributed by atoms with van der Waals surface area (Å²) < 4.78 is 0. The summed E-state index contributed by atoms with van der Waals surface area (Å²) in [5.74, 6) is -0.589. The molecule has 156 valence electrons. The molecule has 0 saturated heterocycles. The van der Waals surface area contributed by atoms with Crippen LogP contribution in [0.4, 0.5) is 0 Å². The third-order valence-corrected chi connectivity index (χ3v) is 5.42. The van der Waals surface area contributed by atoms with Gasteiger partial charge in [0.15, 0.2) is 0 Å².